The predicted octanol–water partition coefficient (Wildman–Crippen LogP) is -1.15. The van der Waals surface area contributed by atoms with Crippen molar-refractivity contribution >= 4 is 13.8 Å². The van der Waals surface area contributed by atoms with Gasteiger partial charge in [0.2, 0.25) is 0 Å². The number of phosphoric acid groups is 1. The molecule has 0 radical (unpaired) electrons. The summed E-state index contributed by atoms with van der Waals surface area (Å²) < 4.78 is 14.6. The average molecular weight is 268 g/mol. The monoisotopic (exact) mass is 268 g/mol. The number of carbonyl (C=O) groups is 1. The molecule has 0 fully saturated rings. The zero-order chi connectivity index (χ0) is 13.2. The van der Waals surface area contributed by atoms with Crippen molar-refractivity contribution in [2.24, 2.45) is 5.92 Å². The first-order valence-corrected chi connectivity index (χ1v) is 6.24. The Bertz CT molecular complexity index is 372. The van der Waals surface area contributed by atoms with Crippen LogP contribution in [0.2, 0.25) is 0 Å². The van der Waals surface area contributed by atoms with Crippen molar-refractivity contribution in [2.45, 2.75) is 18.6 Å². The Hall–Kier alpha value is -0.760. The van der Waals surface area contributed by atoms with Crippen LogP contribution in [0.5, 0.6) is 0 Å². The molecular formula is C8H13O8P. The van der Waals surface area contributed by atoms with Crippen molar-refractivity contribution in [3.8, 4) is 0 Å². The summed E-state index contributed by atoms with van der Waals surface area (Å²) in [6.07, 6.45) is -1.70. The first kappa shape index (κ1) is 14.3. The Kier molecular flexibility index (Phi) is 4.42. The number of carboxylic acids is 1. The maximum atomic E-state index is 10.7. The van der Waals surface area contributed by atoms with Crippen LogP contribution in [0.1, 0.15) is 6.42 Å². The maximum absolute atomic E-state index is 10.7. The highest BCUT2D eigenvalue weighted by atomic mass is 31.2. The Morgan fingerprint density at radius 1 is 1.47 bits per heavy atom. The van der Waals surface area contributed by atoms with E-state index in [0.717, 1.165) is 6.08 Å². The molecule has 0 aromatic heterocycles. The van der Waals surface area contributed by atoms with Gasteiger partial charge in [-0.15, -0.1) is 0 Å². The van der Waals surface area contributed by atoms with E-state index in [2.05, 4.69) is 4.52 Å². The highest BCUT2D eigenvalue weighted by Gasteiger charge is 2.34. The van der Waals surface area contributed by atoms with E-state index in [4.69, 9.17) is 14.9 Å². The zero-order valence-corrected chi connectivity index (χ0v) is 9.53. The molecular weight excluding hydrogens is 255 g/mol. The summed E-state index contributed by atoms with van der Waals surface area (Å²) in [5.74, 6) is -2.23. The van der Waals surface area contributed by atoms with Crippen LogP contribution in [0, 0.1) is 5.92 Å². The molecule has 98 valence electrons. The van der Waals surface area contributed by atoms with Gasteiger partial charge in [-0.1, -0.05) is 6.08 Å². The maximum Gasteiger partial charge on any atom is 0.469 e. The largest absolute Gasteiger partial charge is 0.478 e. The van der Waals surface area contributed by atoms with Crippen LogP contribution in [-0.4, -0.2) is 49.9 Å². The average Bonchev–Trinajstić information content (AvgIpc) is 2.18. The fourth-order valence-corrected chi connectivity index (χ4v) is 1.91. The van der Waals surface area contributed by atoms with Gasteiger partial charge in [0.1, 0.15) is 0 Å². The SMILES string of the molecule is O=C(O)C1=C[C@@H](COP(=O)(O)O)[C@@H](O)[C@H](O)C1. The number of hydrogen-bond acceptors (Lipinski definition) is 5. The van der Waals surface area contributed by atoms with E-state index in [9.17, 15) is 19.6 Å². The fourth-order valence-electron chi connectivity index (χ4n) is 1.54. The lowest BCUT2D eigenvalue weighted by molar-refractivity contribution is -0.133. The predicted molar refractivity (Wildman–Crippen MR) is 53.8 cm³/mol. The molecule has 3 atom stereocenters. The summed E-state index contributed by atoms with van der Waals surface area (Å²) in [6.45, 7) is -0.570. The molecule has 0 aliphatic heterocycles. The lowest BCUT2D eigenvalue weighted by Crippen LogP contribution is -2.39. The van der Waals surface area contributed by atoms with Gasteiger partial charge >= 0.3 is 13.8 Å². The Morgan fingerprint density at radius 3 is 2.53 bits per heavy atom. The quantitative estimate of drug-likeness (QED) is 0.402. The number of rotatable bonds is 4. The van der Waals surface area contributed by atoms with Gasteiger partial charge in [0.25, 0.3) is 0 Å². The fraction of sp³-hybridized carbons (Fsp3) is 0.625. The summed E-state index contributed by atoms with van der Waals surface area (Å²) in [7, 11) is -4.69. The molecule has 0 aromatic carbocycles. The lowest BCUT2D eigenvalue weighted by Gasteiger charge is -2.29. The van der Waals surface area contributed by atoms with Gasteiger partial charge < -0.3 is 25.1 Å². The van der Waals surface area contributed by atoms with Crippen molar-refractivity contribution in [3.63, 3.8) is 0 Å². The molecule has 1 rings (SSSR count). The van der Waals surface area contributed by atoms with E-state index in [1.54, 1.807) is 0 Å². The number of aliphatic hydroxyl groups is 2. The van der Waals surface area contributed by atoms with Crippen molar-refractivity contribution in [1.82, 2.24) is 0 Å². The molecule has 17 heavy (non-hydrogen) atoms. The molecule has 0 spiro atoms. The second kappa shape index (κ2) is 5.26. The van der Waals surface area contributed by atoms with Crippen LogP contribution in [0.3, 0.4) is 0 Å². The second-order valence-electron chi connectivity index (χ2n) is 3.71. The third kappa shape index (κ3) is 4.19. The van der Waals surface area contributed by atoms with Crippen molar-refractivity contribution in [1.29, 1.82) is 0 Å². The second-order valence-corrected chi connectivity index (χ2v) is 4.95. The summed E-state index contributed by atoms with van der Waals surface area (Å²) in [6, 6.07) is 0. The van der Waals surface area contributed by atoms with Crippen LogP contribution in [0.15, 0.2) is 11.6 Å². The summed E-state index contributed by atoms with van der Waals surface area (Å²) in [5, 5.41) is 27.6. The molecule has 5 N–H and O–H groups in total. The number of aliphatic carboxylic acids is 1. The Balaban J connectivity index is 2.77. The van der Waals surface area contributed by atoms with Crippen molar-refractivity contribution in [2.75, 3.05) is 6.61 Å². The number of phosphoric ester groups is 1. The minimum absolute atomic E-state index is 0.123. The smallest absolute Gasteiger partial charge is 0.469 e. The molecule has 8 nitrogen and oxygen atoms in total. The minimum Gasteiger partial charge on any atom is -0.478 e. The molecule has 1 aliphatic rings. The third-order valence-corrected chi connectivity index (χ3v) is 2.87. The standard InChI is InChI=1S/C8H13O8P/c9-6-2-4(8(11)12)1-5(7(6)10)3-16-17(13,14)15/h1,5-7,9-10H,2-3H2,(H,11,12)(H2,13,14,15)/t5-,6+,7+/m0/s1. The Morgan fingerprint density at radius 2 is 2.06 bits per heavy atom. The van der Waals surface area contributed by atoms with Crippen LogP contribution in [-0.2, 0) is 13.9 Å². The van der Waals surface area contributed by atoms with E-state index in [0.29, 0.717) is 0 Å². The highest BCUT2D eigenvalue weighted by Crippen LogP contribution is 2.37. The number of carboxylic acid groups (broad SMARTS) is 1. The first-order chi connectivity index (χ1) is 7.70. The number of hydrogen-bond donors (Lipinski definition) is 5. The summed E-state index contributed by atoms with van der Waals surface area (Å²) in [5.41, 5.74) is -0.123. The van der Waals surface area contributed by atoms with Crippen molar-refractivity contribution < 1.29 is 39.0 Å². The topological polar surface area (TPSA) is 145 Å². The molecule has 9 heteroatoms. The van der Waals surface area contributed by atoms with Crippen LogP contribution in [0.25, 0.3) is 0 Å². The van der Waals surface area contributed by atoms with Crippen LogP contribution in [0.4, 0.5) is 0 Å². The van der Waals surface area contributed by atoms with E-state index >= 15 is 0 Å². The van der Waals surface area contributed by atoms with E-state index in [1.165, 1.54) is 0 Å². The van der Waals surface area contributed by atoms with Crippen LogP contribution >= 0.6 is 7.82 Å². The molecule has 0 amide bonds. The van der Waals surface area contributed by atoms with E-state index < -0.39 is 38.5 Å². The molecule has 0 saturated heterocycles. The first-order valence-electron chi connectivity index (χ1n) is 4.71. The molecule has 1 aliphatic carbocycles. The molecule has 0 saturated carbocycles. The zero-order valence-electron chi connectivity index (χ0n) is 8.63. The van der Waals surface area contributed by atoms with Crippen LogP contribution < -0.4 is 0 Å². The molecule has 0 heterocycles. The lowest BCUT2D eigenvalue weighted by atomic mass is 9.86. The van der Waals surface area contributed by atoms with Gasteiger partial charge in [0.05, 0.1) is 18.8 Å². The van der Waals surface area contributed by atoms with Gasteiger partial charge in [-0.05, 0) is 0 Å². The van der Waals surface area contributed by atoms with Gasteiger partial charge in [-0.3, -0.25) is 4.52 Å². The van der Waals surface area contributed by atoms with Gasteiger partial charge in [0, 0.05) is 17.9 Å². The van der Waals surface area contributed by atoms with Crippen molar-refractivity contribution in [3.05, 3.63) is 11.6 Å². The minimum atomic E-state index is -4.69. The van der Waals surface area contributed by atoms with Gasteiger partial charge in [-0.2, -0.15) is 0 Å². The summed E-state index contributed by atoms with van der Waals surface area (Å²) in [4.78, 5) is 27.7. The number of aliphatic hydroxyl groups excluding tert-OH is 2. The normalized spacial score (nSPS) is 29.9. The molecule has 0 bridgehead atoms. The highest BCUT2D eigenvalue weighted by molar-refractivity contribution is 7.46. The van der Waals surface area contributed by atoms with Gasteiger partial charge in [0.15, 0.2) is 0 Å². The molecule has 0 aromatic rings. The van der Waals surface area contributed by atoms with Gasteiger partial charge in [-0.25, -0.2) is 9.36 Å². The Labute approximate surface area is 96.4 Å². The third-order valence-electron chi connectivity index (χ3n) is 2.39. The molecule has 0 unspecified atom stereocenters. The van der Waals surface area contributed by atoms with E-state index in [1.807, 2.05) is 0 Å². The summed E-state index contributed by atoms with van der Waals surface area (Å²) >= 11 is 0. The van der Waals surface area contributed by atoms with E-state index in [-0.39, 0.29) is 12.0 Å².